The first-order valence-electron chi connectivity index (χ1n) is 6.17. The van der Waals surface area contributed by atoms with Crippen LogP contribution in [0.4, 0.5) is 0 Å². The van der Waals surface area contributed by atoms with Crippen LogP contribution in [0, 0.1) is 0 Å². The summed E-state index contributed by atoms with van der Waals surface area (Å²) in [4.78, 5) is 1.10. The average Bonchev–Trinajstić information content (AvgIpc) is 2.77. The fraction of sp³-hybridized carbons (Fsp3) is 0.667. The van der Waals surface area contributed by atoms with E-state index in [9.17, 15) is 8.42 Å². The van der Waals surface area contributed by atoms with Crippen molar-refractivity contribution in [2.75, 3.05) is 20.1 Å². The van der Waals surface area contributed by atoms with Gasteiger partial charge in [0.2, 0.25) is 0 Å². The number of nitrogens with one attached hydrogen (secondary N) is 1. The first-order chi connectivity index (χ1) is 8.39. The standard InChI is InChI=1S/C12H22N2O2S2/c1-5-13-9-8-11-6-7-12(17-11)18(15,16)14(4)10(2)3/h6-7,10,13H,5,8-9H2,1-4H3. The zero-order valence-electron chi connectivity index (χ0n) is 11.4. The van der Waals surface area contributed by atoms with E-state index in [2.05, 4.69) is 12.2 Å². The smallest absolute Gasteiger partial charge is 0.252 e. The molecule has 4 nitrogen and oxygen atoms in total. The fourth-order valence-corrected chi connectivity index (χ4v) is 4.35. The molecule has 1 aromatic rings. The number of hydrogen-bond donors (Lipinski definition) is 1. The highest BCUT2D eigenvalue weighted by Gasteiger charge is 2.24. The average molecular weight is 290 g/mol. The molecule has 0 radical (unpaired) electrons. The van der Waals surface area contributed by atoms with Gasteiger partial charge in [-0.15, -0.1) is 11.3 Å². The van der Waals surface area contributed by atoms with Crippen LogP contribution in [0.1, 0.15) is 25.6 Å². The number of nitrogens with zero attached hydrogens (tertiary/aromatic N) is 1. The SMILES string of the molecule is CCNCCc1ccc(S(=O)(=O)N(C)C(C)C)s1. The molecule has 0 aliphatic heterocycles. The molecule has 0 aliphatic carbocycles. The Labute approximate surface area is 114 Å². The Bertz CT molecular complexity index is 466. The molecule has 0 saturated heterocycles. The van der Waals surface area contributed by atoms with Crippen molar-refractivity contribution in [3.63, 3.8) is 0 Å². The van der Waals surface area contributed by atoms with E-state index in [1.807, 2.05) is 19.9 Å². The number of sulfonamides is 1. The van der Waals surface area contributed by atoms with Gasteiger partial charge in [-0.05, 0) is 45.5 Å². The second-order valence-electron chi connectivity index (χ2n) is 4.44. The molecular weight excluding hydrogens is 268 g/mol. The predicted octanol–water partition coefficient (Wildman–Crippen LogP) is 1.93. The molecule has 6 heteroatoms. The highest BCUT2D eigenvalue weighted by atomic mass is 32.2. The van der Waals surface area contributed by atoms with Crippen LogP contribution in [0.2, 0.25) is 0 Å². The van der Waals surface area contributed by atoms with Crippen molar-refractivity contribution >= 4 is 21.4 Å². The molecule has 1 heterocycles. The molecule has 0 aliphatic rings. The summed E-state index contributed by atoms with van der Waals surface area (Å²) in [6, 6.07) is 3.59. The molecule has 1 N–H and O–H groups in total. The Morgan fingerprint density at radius 2 is 2.06 bits per heavy atom. The predicted molar refractivity (Wildman–Crippen MR) is 76.7 cm³/mol. The molecule has 0 atom stereocenters. The van der Waals surface area contributed by atoms with Gasteiger partial charge in [-0.25, -0.2) is 8.42 Å². The highest BCUT2D eigenvalue weighted by molar-refractivity contribution is 7.91. The van der Waals surface area contributed by atoms with Crippen LogP contribution in [0.25, 0.3) is 0 Å². The van der Waals surface area contributed by atoms with Gasteiger partial charge in [0.15, 0.2) is 0 Å². The lowest BCUT2D eigenvalue weighted by Crippen LogP contribution is -2.32. The monoisotopic (exact) mass is 290 g/mol. The Balaban J connectivity index is 2.79. The fourth-order valence-electron chi connectivity index (χ4n) is 1.44. The zero-order valence-corrected chi connectivity index (χ0v) is 13.1. The lowest BCUT2D eigenvalue weighted by atomic mass is 10.3. The van der Waals surface area contributed by atoms with Gasteiger partial charge in [-0.1, -0.05) is 6.92 Å². The van der Waals surface area contributed by atoms with Crippen molar-refractivity contribution in [3.05, 3.63) is 17.0 Å². The largest absolute Gasteiger partial charge is 0.317 e. The van der Waals surface area contributed by atoms with Crippen LogP contribution < -0.4 is 5.32 Å². The second-order valence-corrected chi connectivity index (χ2v) is 7.83. The summed E-state index contributed by atoms with van der Waals surface area (Å²) in [6.45, 7) is 7.62. The third-order valence-corrected chi connectivity index (χ3v) is 6.44. The lowest BCUT2D eigenvalue weighted by molar-refractivity contribution is 0.412. The summed E-state index contributed by atoms with van der Waals surface area (Å²) in [6.07, 6.45) is 0.874. The maximum Gasteiger partial charge on any atom is 0.252 e. The van der Waals surface area contributed by atoms with Gasteiger partial charge in [0.25, 0.3) is 10.0 Å². The molecule has 1 rings (SSSR count). The summed E-state index contributed by atoms with van der Waals surface area (Å²) in [5, 5.41) is 3.23. The quantitative estimate of drug-likeness (QED) is 0.781. The van der Waals surface area contributed by atoms with Crippen molar-refractivity contribution in [1.29, 1.82) is 0 Å². The summed E-state index contributed by atoms with van der Waals surface area (Å²) >= 11 is 1.37. The highest BCUT2D eigenvalue weighted by Crippen LogP contribution is 2.25. The van der Waals surface area contributed by atoms with E-state index >= 15 is 0 Å². The second kappa shape index (κ2) is 6.65. The van der Waals surface area contributed by atoms with Crippen LogP contribution in [-0.4, -0.2) is 38.9 Å². The summed E-state index contributed by atoms with van der Waals surface area (Å²) in [5.74, 6) is 0. The summed E-state index contributed by atoms with van der Waals surface area (Å²) in [5.41, 5.74) is 0. The van der Waals surface area contributed by atoms with Crippen LogP contribution >= 0.6 is 11.3 Å². The minimum atomic E-state index is -3.32. The molecule has 0 aromatic carbocycles. The van der Waals surface area contributed by atoms with Crippen LogP contribution in [-0.2, 0) is 16.4 Å². The molecule has 0 fully saturated rings. The number of likely N-dealkylation sites (N-methyl/N-ethyl adjacent to an activating group) is 1. The van der Waals surface area contributed by atoms with E-state index in [0.717, 1.165) is 24.4 Å². The maximum atomic E-state index is 12.2. The number of hydrogen-bond acceptors (Lipinski definition) is 4. The van der Waals surface area contributed by atoms with E-state index in [1.54, 1.807) is 13.1 Å². The zero-order chi connectivity index (χ0) is 13.8. The number of rotatable bonds is 7. The Morgan fingerprint density at radius 3 is 2.61 bits per heavy atom. The van der Waals surface area contributed by atoms with E-state index in [4.69, 9.17) is 0 Å². The van der Waals surface area contributed by atoms with Gasteiger partial charge in [0.05, 0.1) is 0 Å². The summed E-state index contributed by atoms with van der Waals surface area (Å²) in [7, 11) is -1.69. The van der Waals surface area contributed by atoms with Gasteiger partial charge in [0.1, 0.15) is 4.21 Å². The van der Waals surface area contributed by atoms with Crippen molar-refractivity contribution in [3.8, 4) is 0 Å². The molecule has 104 valence electrons. The molecular formula is C12H22N2O2S2. The summed E-state index contributed by atoms with van der Waals surface area (Å²) < 4.78 is 26.3. The van der Waals surface area contributed by atoms with E-state index in [1.165, 1.54) is 15.6 Å². The number of thiophene rings is 1. The molecule has 0 amide bonds. The lowest BCUT2D eigenvalue weighted by Gasteiger charge is -2.19. The van der Waals surface area contributed by atoms with E-state index in [-0.39, 0.29) is 6.04 Å². The molecule has 18 heavy (non-hydrogen) atoms. The normalized spacial score (nSPS) is 12.6. The van der Waals surface area contributed by atoms with Crippen molar-refractivity contribution < 1.29 is 8.42 Å². The van der Waals surface area contributed by atoms with Gasteiger partial charge in [-0.2, -0.15) is 4.31 Å². The van der Waals surface area contributed by atoms with Crippen molar-refractivity contribution in [1.82, 2.24) is 9.62 Å². The van der Waals surface area contributed by atoms with Gasteiger partial charge >= 0.3 is 0 Å². The Hall–Kier alpha value is -0.430. The van der Waals surface area contributed by atoms with Crippen LogP contribution in [0.15, 0.2) is 16.3 Å². The van der Waals surface area contributed by atoms with Crippen LogP contribution in [0.3, 0.4) is 0 Å². The Kier molecular flexibility index (Phi) is 5.78. The molecule has 0 saturated carbocycles. The van der Waals surface area contributed by atoms with Crippen molar-refractivity contribution in [2.24, 2.45) is 0 Å². The van der Waals surface area contributed by atoms with Gasteiger partial charge in [0, 0.05) is 18.0 Å². The molecule has 1 aromatic heterocycles. The molecule has 0 spiro atoms. The third kappa shape index (κ3) is 3.78. The minimum Gasteiger partial charge on any atom is -0.317 e. The van der Waals surface area contributed by atoms with E-state index < -0.39 is 10.0 Å². The van der Waals surface area contributed by atoms with Crippen LogP contribution in [0.5, 0.6) is 0 Å². The third-order valence-electron chi connectivity index (χ3n) is 2.80. The molecule has 0 bridgehead atoms. The maximum absolute atomic E-state index is 12.2. The van der Waals surface area contributed by atoms with Gasteiger partial charge in [-0.3, -0.25) is 0 Å². The first-order valence-corrected chi connectivity index (χ1v) is 8.42. The first kappa shape index (κ1) is 15.6. The van der Waals surface area contributed by atoms with Crippen molar-refractivity contribution in [2.45, 2.75) is 37.4 Å². The Morgan fingerprint density at radius 1 is 1.39 bits per heavy atom. The topological polar surface area (TPSA) is 49.4 Å². The molecule has 0 unspecified atom stereocenters. The van der Waals surface area contributed by atoms with Gasteiger partial charge < -0.3 is 5.32 Å². The minimum absolute atomic E-state index is 0.0256. The van der Waals surface area contributed by atoms with E-state index in [0.29, 0.717) is 4.21 Å².